The zero-order valence-corrected chi connectivity index (χ0v) is 17.9. The Bertz CT molecular complexity index is 1240. The van der Waals surface area contributed by atoms with E-state index in [-0.39, 0.29) is 12.2 Å². The van der Waals surface area contributed by atoms with Gasteiger partial charge in [0.15, 0.2) is 0 Å². The fraction of sp³-hybridized carbons (Fsp3) is 0.200. The fourth-order valence-corrected chi connectivity index (χ4v) is 3.22. The highest BCUT2D eigenvalue weighted by molar-refractivity contribution is 5.66. The van der Waals surface area contributed by atoms with Gasteiger partial charge in [0.2, 0.25) is 5.89 Å². The summed E-state index contributed by atoms with van der Waals surface area (Å²) >= 11 is 0. The number of rotatable bonds is 10. The first-order chi connectivity index (χ1) is 16.2. The predicted octanol–water partition coefficient (Wildman–Crippen LogP) is 5.05. The summed E-state index contributed by atoms with van der Waals surface area (Å²) in [6, 6.07) is 14.2. The summed E-state index contributed by atoms with van der Waals surface area (Å²) in [4.78, 5) is 4.33. The van der Waals surface area contributed by atoms with Crippen LogP contribution in [0.5, 0.6) is 5.75 Å². The Morgan fingerprint density at radius 1 is 1.12 bits per heavy atom. The van der Waals surface area contributed by atoms with Crippen LogP contribution in [0.4, 0.5) is 4.39 Å². The maximum absolute atomic E-state index is 13.9. The molecule has 0 amide bonds. The third kappa shape index (κ3) is 6.37. The van der Waals surface area contributed by atoms with Crippen molar-refractivity contribution in [3.63, 3.8) is 0 Å². The van der Waals surface area contributed by atoms with Crippen LogP contribution in [0.25, 0.3) is 12.2 Å². The number of benzene rings is 2. The Morgan fingerprint density at radius 2 is 2.00 bits per heavy atom. The average molecular weight is 443 g/mol. The second-order valence-corrected chi connectivity index (χ2v) is 7.41. The smallest absolute Gasteiger partial charge is 0.218 e. The second-order valence-electron chi connectivity index (χ2n) is 7.41. The molecule has 2 heterocycles. The van der Waals surface area contributed by atoms with Gasteiger partial charge in [-0.25, -0.2) is 9.37 Å². The number of aryl methyl sites for hydroxylation is 2. The number of nitrogens with zero attached hydrogens (tertiary/aromatic N) is 5. The Balaban J connectivity index is 1.23. The number of hydrogen-bond donors (Lipinski definition) is 0. The molecule has 2 aromatic heterocycles. The lowest BCUT2D eigenvalue weighted by Gasteiger charge is -2.06. The van der Waals surface area contributed by atoms with Crippen molar-refractivity contribution in [3.05, 3.63) is 95.2 Å². The van der Waals surface area contributed by atoms with Gasteiger partial charge in [-0.05, 0) is 55.2 Å². The minimum absolute atomic E-state index is 0.264. The molecular weight excluding hydrogens is 421 g/mol. The monoisotopic (exact) mass is 443 g/mol. The summed E-state index contributed by atoms with van der Waals surface area (Å²) in [6.07, 6.45) is 11.3. The molecule has 4 aromatic rings. The zero-order valence-electron chi connectivity index (χ0n) is 17.9. The number of unbranched alkanes of at least 4 members (excludes halogenated alkanes) is 1. The number of hydrogen-bond acceptors (Lipinski definition) is 6. The molecular formula is C25H22FN5O2. The molecule has 0 fully saturated rings. The van der Waals surface area contributed by atoms with E-state index in [2.05, 4.69) is 27.4 Å². The van der Waals surface area contributed by atoms with Crippen LogP contribution in [-0.4, -0.2) is 20.0 Å². The molecule has 8 heteroatoms. The molecule has 0 spiro atoms. The van der Waals surface area contributed by atoms with E-state index < -0.39 is 5.82 Å². The highest BCUT2D eigenvalue weighted by atomic mass is 19.1. The molecule has 0 radical (unpaired) electrons. The van der Waals surface area contributed by atoms with Crippen molar-refractivity contribution in [2.24, 2.45) is 0 Å². The Morgan fingerprint density at radius 3 is 2.76 bits per heavy atom. The van der Waals surface area contributed by atoms with E-state index in [0.29, 0.717) is 17.1 Å². The standard InChI is InChI=1S/C25H22FN5O2/c26-24-15-20(16-27)4-7-21(24)8-11-25-29-22(18-33-25)17-32-23-9-5-19(6-10-23)3-1-2-13-31-14-12-28-30-31/h4-12,14-15,18H,1-3,13,17H2/b11-8+. The molecule has 0 aliphatic carbocycles. The number of halogens is 1. The normalized spacial score (nSPS) is 11.0. The molecule has 0 saturated carbocycles. The molecule has 33 heavy (non-hydrogen) atoms. The van der Waals surface area contributed by atoms with Gasteiger partial charge in [0.1, 0.15) is 30.1 Å². The molecule has 0 aliphatic heterocycles. The minimum atomic E-state index is -0.473. The van der Waals surface area contributed by atoms with E-state index >= 15 is 0 Å². The van der Waals surface area contributed by atoms with Gasteiger partial charge in [0.25, 0.3) is 0 Å². The van der Waals surface area contributed by atoms with E-state index in [1.165, 1.54) is 24.0 Å². The molecule has 7 nitrogen and oxygen atoms in total. The van der Waals surface area contributed by atoms with Gasteiger partial charge in [-0.1, -0.05) is 23.4 Å². The number of aromatic nitrogens is 4. The largest absolute Gasteiger partial charge is 0.487 e. The van der Waals surface area contributed by atoms with Gasteiger partial charge < -0.3 is 9.15 Å². The van der Waals surface area contributed by atoms with Crippen LogP contribution in [0.3, 0.4) is 0 Å². The third-order valence-corrected chi connectivity index (χ3v) is 4.99. The van der Waals surface area contributed by atoms with Crippen LogP contribution >= 0.6 is 0 Å². The summed E-state index contributed by atoms with van der Waals surface area (Å²) in [6.45, 7) is 1.14. The van der Waals surface area contributed by atoms with Crippen molar-refractivity contribution in [3.8, 4) is 11.8 Å². The van der Waals surface area contributed by atoms with Crippen molar-refractivity contribution in [1.29, 1.82) is 5.26 Å². The first-order valence-electron chi connectivity index (χ1n) is 10.6. The number of oxazole rings is 1. The van der Waals surface area contributed by atoms with E-state index in [4.69, 9.17) is 14.4 Å². The molecule has 0 N–H and O–H groups in total. The Labute approximate surface area is 190 Å². The fourth-order valence-electron chi connectivity index (χ4n) is 3.22. The van der Waals surface area contributed by atoms with Crippen molar-refractivity contribution in [2.75, 3.05) is 0 Å². The van der Waals surface area contributed by atoms with E-state index in [0.717, 1.165) is 31.6 Å². The highest BCUT2D eigenvalue weighted by Gasteiger charge is 2.05. The van der Waals surface area contributed by atoms with Crippen LogP contribution in [-0.2, 0) is 19.6 Å². The van der Waals surface area contributed by atoms with Gasteiger partial charge >= 0.3 is 0 Å². The lowest BCUT2D eigenvalue weighted by molar-refractivity contribution is 0.301. The molecule has 0 unspecified atom stereocenters. The maximum atomic E-state index is 13.9. The Hall–Kier alpha value is -4.25. The van der Waals surface area contributed by atoms with Crippen molar-refractivity contribution >= 4 is 12.2 Å². The highest BCUT2D eigenvalue weighted by Crippen LogP contribution is 2.17. The summed E-state index contributed by atoms with van der Waals surface area (Å²) < 4.78 is 27.0. The van der Waals surface area contributed by atoms with E-state index in [9.17, 15) is 4.39 Å². The van der Waals surface area contributed by atoms with Crippen molar-refractivity contribution < 1.29 is 13.5 Å². The molecule has 166 valence electrons. The van der Waals surface area contributed by atoms with Crippen LogP contribution in [0, 0.1) is 17.1 Å². The maximum Gasteiger partial charge on any atom is 0.218 e. The van der Waals surface area contributed by atoms with Gasteiger partial charge in [0, 0.05) is 24.4 Å². The molecule has 0 bridgehead atoms. The molecule has 2 aromatic carbocycles. The van der Waals surface area contributed by atoms with Crippen LogP contribution in [0.2, 0.25) is 0 Å². The topological polar surface area (TPSA) is 89.8 Å². The second kappa shape index (κ2) is 10.9. The van der Waals surface area contributed by atoms with Gasteiger partial charge in [-0.3, -0.25) is 4.68 Å². The summed E-state index contributed by atoms with van der Waals surface area (Å²) in [7, 11) is 0. The molecule has 0 aliphatic rings. The first-order valence-corrected chi connectivity index (χ1v) is 10.6. The van der Waals surface area contributed by atoms with Crippen LogP contribution < -0.4 is 4.74 Å². The summed E-state index contributed by atoms with van der Waals surface area (Å²) in [5, 5.41) is 16.6. The summed E-state index contributed by atoms with van der Waals surface area (Å²) in [5.41, 5.74) is 2.51. The van der Waals surface area contributed by atoms with E-state index in [1.807, 2.05) is 29.1 Å². The van der Waals surface area contributed by atoms with E-state index in [1.54, 1.807) is 24.4 Å². The lowest BCUT2D eigenvalue weighted by atomic mass is 10.1. The van der Waals surface area contributed by atoms with Gasteiger partial charge in [-0.2, -0.15) is 5.26 Å². The number of ether oxygens (including phenoxy) is 1. The quantitative estimate of drug-likeness (QED) is 0.319. The zero-order chi connectivity index (χ0) is 22.9. The first kappa shape index (κ1) is 22.0. The van der Waals surface area contributed by atoms with Crippen LogP contribution in [0.1, 0.15) is 41.1 Å². The van der Waals surface area contributed by atoms with Crippen molar-refractivity contribution in [1.82, 2.24) is 20.0 Å². The third-order valence-electron chi connectivity index (χ3n) is 4.99. The molecule has 0 atom stereocenters. The lowest BCUT2D eigenvalue weighted by Crippen LogP contribution is -1.99. The minimum Gasteiger partial charge on any atom is -0.487 e. The Kier molecular flexibility index (Phi) is 7.23. The molecule has 4 rings (SSSR count). The van der Waals surface area contributed by atoms with Crippen LogP contribution in [0.15, 0.2) is 65.5 Å². The SMILES string of the molecule is N#Cc1ccc(/C=C/c2nc(COc3ccc(CCCCn4ccnn4)cc3)co2)c(F)c1. The van der Waals surface area contributed by atoms with Gasteiger partial charge in [0.05, 0.1) is 17.8 Å². The molecule has 0 saturated heterocycles. The van der Waals surface area contributed by atoms with Gasteiger partial charge in [-0.15, -0.1) is 5.10 Å². The van der Waals surface area contributed by atoms with Crippen molar-refractivity contribution in [2.45, 2.75) is 32.4 Å². The average Bonchev–Trinajstić information content (AvgIpc) is 3.52. The summed E-state index contributed by atoms with van der Waals surface area (Å²) in [5.74, 6) is 0.624. The predicted molar refractivity (Wildman–Crippen MR) is 120 cm³/mol. The number of nitriles is 1.